The van der Waals surface area contributed by atoms with E-state index in [2.05, 4.69) is 10.6 Å². The lowest BCUT2D eigenvalue weighted by molar-refractivity contribution is -0.136. The van der Waals surface area contributed by atoms with Gasteiger partial charge < -0.3 is 15.4 Å². The van der Waals surface area contributed by atoms with E-state index in [1.807, 2.05) is 0 Å². The summed E-state index contributed by atoms with van der Waals surface area (Å²) in [6.07, 6.45) is 0. The first kappa shape index (κ1) is 16.4. The van der Waals surface area contributed by atoms with Crippen LogP contribution in [0.1, 0.15) is 5.56 Å². The summed E-state index contributed by atoms with van der Waals surface area (Å²) in [4.78, 5) is 23.3. The molecule has 0 aliphatic rings. The lowest BCUT2D eigenvalue weighted by Gasteiger charge is -2.08. The maximum Gasteiger partial charge on any atom is 0.313 e. The third kappa shape index (κ3) is 4.50. The van der Waals surface area contributed by atoms with Crippen LogP contribution in [0.25, 0.3) is 0 Å². The van der Waals surface area contributed by atoms with Crippen molar-refractivity contribution in [3.63, 3.8) is 0 Å². The van der Waals surface area contributed by atoms with E-state index in [9.17, 15) is 18.4 Å². The normalized spacial score (nSPS) is 10.0. The number of nitrogens with one attached hydrogen (secondary N) is 2. The average Bonchev–Trinajstić information content (AvgIpc) is 2.55. The van der Waals surface area contributed by atoms with Crippen molar-refractivity contribution in [2.75, 3.05) is 12.4 Å². The summed E-state index contributed by atoms with van der Waals surface area (Å²) in [5.41, 5.74) is 0.496. The number of ether oxygens (including phenoxy) is 1. The highest BCUT2D eigenvalue weighted by molar-refractivity contribution is 6.39. The van der Waals surface area contributed by atoms with Crippen molar-refractivity contribution < 1.29 is 23.1 Å². The molecule has 0 fully saturated rings. The van der Waals surface area contributed by atoms with E-state index in [4.69, 9.17) is 4.74 Å². The van der Waals surface area contributed by atoms with Crippen LogP contribution in [0.2, 0.25) is 0 Å². The molecule has 2 N–H and O–H groups in total. The zero-order chi connectivity index (χ0) is 16.8. The molecule has 0 saturated carbocycles. The number of methoxy groups -OCH3 is 1. The van der Waals surface area contributed by atoms with E-state index in [0.29, 0.717) is 11.8 Å². The molecule has 0 radical (unpaired) electrons. The zero-order valence-electron chi connectivity index (χ0n) is 12.2. The van der Waals surface area contributed by atoms with Crippen molar-refractivity contribution in [3.8, 4) is 5.75 Å². The molecule has 2 aromatic carbocycles. The second-order valence-electron chi connectivity index (χ2n) is 4.61. The van der Waals surface area contributed by atoms with Crippen molar-refractivity contribution >= 4 is 17.5 Å². The Morgan fingerprint density at radius 3 is 2.35 bits per heavy atom. The highest BCUT2D eigenvalue weighted by Crippen LogP contribution is 2.15. The van der Waals surface area contributed by atoms with Crippen molar-refractivity contribution in [2.45, 2.75) is 6.54 Å². The fourth-order valence-electron chi connectivity index (χ4n) is 1.78. The van der Waals surface area contributed by atoms with Crippen molar-refractivity contribution in [1.82, 2.24) is 5.32 Å². The van der Waals surface area contributed by atoms with Gasteiger partial charge in [-0.1, -0.05) is 12.1 Å². The van der Waals surface area contributed by atoms with Gasteiger partial charge in [-0.3, -0.25) is 9.59 Å². The molecule has 2 aromatic rings. The number of anilines is 1. The molecule has 5 nitrogen and oxygen atoms in total. The van der Waals surface area contributed by atoms with Gasteiger partial charge in [0.1, 0.15) is 17.4 Å². The summed E-state index contributed by atoms with van der Waals surface area (Å²) in [7, 11) is 1.54. The number of hydrogen-bond acceptors (Lipinski definition) is 3. The predicted molar refractivity (Wildman–Crippen MR) is 79.8 cm³/mol. The van der Waals surface area contributed by atoms with Crippen molar-refractivity contribution in [3.05, 3.63) is 59.7 Å². The van der Waals surface area contributed by atoms with Crippen LogP contribution in [0.3, 0.4) is 0 Å². The van der Waals surface area contributed by atoms with Gasteiger partial charge in [0.15, 0.2) is 0 Å². The molecule has 0 aromatic heterocycles. The van der Waals surface area contributed by atoms with Gasteiger partial charge in [-0.2, -0.15) is 0 Å². The molecule has 0 unspecified atom stereocenters. The molecule has 0 saturated heterocycles. The molecule has 0 atom stereocenters. The van der Waals surface area contributed by atoms with Gasteiger partial charge in [0.05, 0.1) is 12.8 Å². The van der Waals surface area contributed by atoms with Crippen LogP contribution in [0.15, 0.2) is 42.5 Å². The summed E-state index contributed by atoms with van der Waals surface area (Å²) < 4.78 is 31.2. The first-order valence-corrected chi connectivity index (χ1v) is 6.67. The minimum Gasteiger partial charge on any atom is -0.497 e. The standard InChI is InChI=1S/C16H14F2N2O3/c1-23-12-5-2-10(3-6-12)9-19-15(21)16(22)20-14-7-4-11(17)8-13(14)18/h2-8H,9H2,1H3,(H,19,21)(H,20,22). The number of hydrogen-bond donors (Lipinski definition) is 2. The van der Waals surface area contributed by atoms with Crippen LogP contribution in [0, 0.1) is 11.6 Å². The van der Waals surface area contributed by atoms with Crippen LogP contribution >= 0.6 is 0 Å². The van der Waals surface area contributed by atoms with Gasteiger partial charge in [0.25, 0.3) is 0 Å². The first-order valence-electron chi connectivity index (χ1n) is 6.67. The summed E-state index contributed by atoms with van der Waals surface area (Å²) in [5.74, 6) is -3.02. The van der Waals surface area contributed by atoms with E-state index >= 15 is 0 Å². The van der Waals surface area contributed by atoms with Crippen molar-refractivity contribution in [1.29, 1.82) is 0 Å². The summed E-state index contributed by atoms with van der Waals surface area (Å²) in [6, 6.07) is 9.54. The molecule has 2 rings (SSSR count). The number of halogens is 2. The second kappa shape index (κ2) is 7.35. The van der Waals surface area contributed by atoms with Gasteiger partial charge in [-0.15, -0.1) is 0 Å². The Morgan fingerprint density at radius 1 is 1.04 bits per heavy atom. The zero-order valence-corrected chi connectivity index (χ0v) is 12.2. The Kier molecular flexibility index (Phi) is 5.24. The SMILES string of the molecule is COc1ccc(CNC(=O)C(=O)Nc2ccc(F)cc2F)cc1. The van der Waals surface area contributed by atoms with E-state index in [1.54, 1.807) is 24.3 Å². The predicted octanol–water partition coefficient (Wildman–Crippen LogP) is 2.23. The third-order valence-electron chi connectivity index (χ3n) is 3.00. The largest absolute Gasteiger partial charge is 0.497 e. The Morgan fingerprint density at radius 2 is 1.74 bits per heavy atom. The summed E-state index contributed by atoms with van der Waals surface area (Å²) in [6.45, 7) is 0.127. The minimum atomic E-state index is -1.04. The van der Waals surface area contributed by atoms with Gasteiger partial charge in [-0.25, -0.2) is 8.78 Å². The number of carbonyl (C=O) groups is 2. The maximum absolute atomic E-state index is 13.4. The van der Waals surface area contributed by atoms with Crippen molar-refractivity contribution in [2.24, 2.45) is 0 Å². The molecule has 0 bridgehead atoms. The summed E-state index contributed by atoms with van der Waals surface area (Å²) >= 11 is 0. The highest BCUT2D eigenvalue weighted by atomic mass is 19.1. The molecule has 0 heterocycles. The van der Waals surface area contributed by atoms with Crippen LogP contribution in [0.5, 0.6) is 5.75 Å². The topological polar surface area (TPSA) is 67.4 Å². The Labute approximate surface area is 131 Å². The number of carbonyl (C=O) groups excluding carboxylic acids is 2. The summed E-state index contributed by atoms with van der Waals surface area (Å²) in [5, 5.41) is 4.48. The van der Waals surface area contributed by atoms with E-state index in [1.165, 1.54) is 7.11 Å². The second-order valence-corrected chi connectivity index (χ2v) is 4.61. The molecule has 120 valence electrons. The van der Waals surface area contributed by atoms with Crippen LogP contribution in [-0.2, 0) is 16.1 Å². The van der Waals surface area contributed by atoms with Crippen LogP contribution in [-0.4, -0.2) is 18.9 Å². The molecule has 2 amide bonds. The molecular formula is C16H14F2N2O3. The third-order valence-corrected chi connectivity index (χ3v) is 3.00. The maximum atomic E-state index is 13.4. The fourth-order valence-corrected chi connectivity index (χ4v) is 1.78. The number of amides is 2. The highest BCUT2D eigenvalue weighted by Gasteiger charge is 2.15. The molecule has 23 heavy (non-hydrogen) atoms. The van der Waals surface area contributed by atoms with Crippen LogP contribution in [0.4, 0.5) is 14.5 Å². The van der Waals surface area contributed by atoms with E-state index in [-0.39, 0.29) is 12.2 Å². The molecule has 0 spiro atoms. The van der Waals surface area contributed by atoms with E-state index in [0.717, 1.165) is 17.7 Å². The van der Waals surface area contributed by atoms with E-state index < -0.39 is 23.4 Å². The molecule has 7 heteroatoms. The monoisotopic (exact) mass is 320 g/mol. The van der Waals surface area contributed by atoms with Gasteiger partial charge >= 0.3 is 11.8 Å². The Hall–Kier alpha value is -2.96. The quantitative estimate of drug-likeness (QED) is 0.849. The Bertz CT molecular complexity index is 718. The number of rotatable bonds is 4. The average molecular weight is 320 g/mol. The minimum absolute atomic E-state index is 0.127. The number of benzene rings is 2. The molecular weight excluding hydrogens is 306 g/mol. The lowest BCUT2D eigenvalue weighted by atomic mass is 10.2. The first-order chi connectivity index (χ1) is 11.0. The van der Waals surface area contributed by atoms with Gasteiger partial charge in [0, 0.05) is 12.6 Å². The van der Waals surface area contributed by atoms with Gasteiger partial charge in [0.2, 0.25) is 0 Å². The lowest BCUT2D eigenvalue weighted by Crippen LogP contribution is -2.35. The molecule has 0 aliphatic carbocycles. The van der Waals surface area contributed by atoms with Gasteiger partial charge in [-0.05, 0) is 29.8 Å². The molecule has 0 aliphatic heterocycles. The smallest absolute Gasteiger partial charge is 0.313 e. The fraction of sp³-hybridized carbons (Fsp3) is 0.125. The van der Waals surface area contributed by atoms with Crippen LogP contribution < -0.4 is 15.4 Å². The Balaban J connectivity index is 1.90.